The minimum absolute atomic E-state index is 0.825. The maximum atomic E-state index is 13.2. The summed E-state index contributed by atoms with van der Waals surface area (Å²) in [5.41, 5.74) is -1.04. The molecule has 1 unspecified atom stereocenters. The third-order valence-corrected chi connectivity index (χ3v) is 2.16. The smallest absolute Gasteiger partial charge is 0.219 e. The normalized spacial score (nSPS) is 12.7. The number of hydrogen-bond donors (Lipinski definition) is 1. The average Bonchev–Trinajstić information content (AvgIpc) is 2.19. The van der Waals surface area contributed by atoms with E-state index in [-0.39, 0.29) is 0 Å². The van der Waals surface area contributed by atoms with Crippen molar-refractivity contribution < 1.29 is 27.0 Å². The minimum atomic E-state index is -2.06. The number of rotatable bonds is 2. The van der Waals surface area contributed by atoms with Crippen LogP contribution in [0.25, 0.3) is 0 Å². The zero-order valence-corrected chi connectivity index (χ0v) is 8.22. The van der Waals surface area contributed by atoms with Gasteiger partial charge in [-0.1, -0.05) is 0 Å². The molecule has 0 N–H and O–H groups in total. The van der Waals surface area contributed by atoms with Crippen LogP contribution < -0.4 is 4.94 Å². The van der Waals surface area contributed by atoms with E-state index in [1.165, 1.54) is 0 Å². The molecule has 0 aliphatic rings. The second-order valence-electron chi connectivity index (χ2n) is 2.73. The van der Waals surface area contributed by atoms with Crippen molar-refractivity contribution in [2.45, 2.75) is 18.0 Å². The fraction of sp³-hybridized carbons (Fsp3) is 0.250. The van der Waals surface area contributed by atoms with E-state index in [0.717, 1.165) is 6.92 Å². The lowest BCUT2D eigenvalue weighted by Gasteiger charge is -2.11. The van der Waals surface area contributed by atoms with E-state index in [0.29, 0.717) is 0 Å². The Morgan fingerprint density at radius 2 is 1.67 bits per heavy atom. The van der Waals surface area contributed by atoms with Crippen LogP contribution in [0.1, 0.15) is 18.7 Å². The highest BCUT2D eigenvalue weighted by Gasteiger charge is 2.28. The summed E-state index contributed by atoms with van der Waals surface area (Å²) in [6.07, 6.45) is -2.06. The van der Waals surface area contributed by atoms with E-state index < -0.39 is 39.8 Å². The van der Waals surface area contributed by atoms with Gasteiger partial charge in [-0.3, -0.25) is 4.94 Å². The summed E-state index contributed by atoms with van der Waals surface area (Å²) in [5.74, 6) is -6.46. The van der Waals surface area contributed by atoms with Crippen molar-refractivity contribution in [2.75, 3.05) is 0 Å². The lowest BCUT2D eigenvalue weighted by Crippen LogP contribution is -2.03. The van der Waals surface area contributed by atoms with E-state index >= 15 is 0 Å². The van der Waals surface area contributed by atoms with Crippen molar-refractivity contribution in [1.82, 2.24) is 0 Å². The number of benzene rings is 1. The zero-order valence-electron chi connectivity index (χ0n) is 7.32. The standard InChI is InChI=1S/C8H5F5OS/c1-2(9)3-4(10)8(15)6(12)5(11)7(3)14-13/h2,15H,1H3. The molecule has 0 spiro atoms. The van der Waals surface area contributed by atoms with Gasteiger partial charge in [0.25, 0.3) is 0 Å². The SMILES string of the molecule is CC(F)c1c(F)c(S)c(F)c(F)c1OF. The molecule has 84 valence electrons. The van der Waals surface area contributed by atoms with Gasteiger partial charge in [0.15, 0.2) is 5.82 Å². The molecule has 0 aliphatic heterocycles. The summed E-state index contributed by atoms with van der Waals surface area (Å²) in [5, 5.41) is 0. The molecule has 0 amide bonds. The van der Waals surface area contributed by atoms with Crippen LogP contribution >= 0.6 is 12.6 Å². The summed E-state index contributed by atoms with van der Waals surface area (Å²) >= 11 is 3.30. The van der Waals surface area contributed by atoms with Crippen LogP contribution in [0.4, 0.5) is 22.1 Å². The first-order valence-electron chi connectivity index (χ1n) is 3.73. The van der Waals surface area contributed by atoms with Crippen molar-refractivity contribution >= 4 is 12.6 Å². The van der Waals surface area contributed by atoms with Gasteiger partial charge in [0, 0.05) is 4.53 Å². The van der Waals surface area contributed by atoms with E-state index in [1.54, 1.807) is 0 Å². The van der Waals surface area contributed by atoms with Gasteiger partial charge in [-0.15, -0.1) is 12.6 Å². The molecule has 1 aromatic rings. The first kappa shape index (κ1) is 12.1. The molecule has 0 fully saturated rings. The maximum Gasteiger partial charge on any atom is 0.219 e. The third kappa shape index (κ3) is 1.88. The first-order chi connectivity index (χ1) is 6.91. The lowest BCUT2D eigenvalue weighted by atomic mass is 10.1. The Labute approximate surface area is 87.2 Å². The first-order valence-corrected chi connectivity index (χ1v) is 4.18. The number of hydrogen-bond acceptors (Lipinski definition) is 2. The summed E-state index contributed by atoms with van der Waals surface area (Å²) in [7, 11) is 0. The lowest BCUT2D eigenvalue weighted by molar-refractivity contribution is -0.0147. The zero-order chi connectivity index (χ0) is 11.7. The predicted octanol–water partition coefficient (Wildman–Crippen LogP) is 3.69. The van der Waals surface area contributed by atoms with Crippen molar-refractivity contribution in [3.05, 3.63) is 23.0 Å². The number of halogens is 5. The van der Waals surface area contributed by atoms with Crippen LogP contribution in [0, 0.1) is 17.5 Å². The highest BCUT2D eigenvalue weighted by molar-refractivity contribution is 7.80. The van der Waals surface area contributed by atoms with Gasteiger partial charge in [0.05, 0.1) is 10.5 Å². The molecule has 7 heteroatoms. The topological polar surface area (TPSA) is 9.23 Å². The molecule has 0 saturated heterocycles. The fourth-order valence-corrected chi connectivity index (χ4v) is 1.29. The molecule has 1 atom stereocenters. The monoisotopic (exact) mass is 244 g/mol. The van der Waals surface area contributed by atoms with Gasteiger partial charge < -0.3 is 0 Å². The Bertz CT molecular complexity index is 393. The Morgan fingerprint density at radius 1 is 1.13 bits per heavy atom. The summed E-state index contributed by atoms with van der Waals surface area (Å²) in [6.45, 7) is 0.825. The molecular weight excluding hydrogens is 239 g/mol. The Kier molecular flexibility index (Phi) is 3.43. The van der Waals surface area contributed by atoms with Gasteiger partial charge in [-0.25, -0.2) is 13.2 Å². The quantitative estimate of drug-likeness (QED) is 0.474. The van der Waals surface area contributed by atoms with Gasteiger partial charge in [0.2, 0.25) is 11.6 Å². The Hall–Kier alpha value is -0.980. The van der Waals surface area contributed by atoms with Gasteiger partial charge >= 0.3 is 0 Å². The highest BCUT2D eigenvalue weighted by Crippen LogP contribution is 2.38. The molecule has 0 saturated carbocycles. The van der Waals surface area contributed by atoms with Crippen LogP contribution in [-0.4, -0.2) is 0 Å². The average molecular weight is 244 g/mol. The van der Waals surface area contributed by atoms with Crippen molar-refractivity contribution in [3.63, 3.8) is 0 Å². The Morgan fingerprint density at radius 3 is 2.07 bits per heavy atom. The van der Waals surface area contributed by atoms with E-state index in [9.17, 15) is 22.1 Å². The summed E-state index contributed by atoms with van der Waals surface area (Å²) < 4.78 is 63.6. The molecular formula is C8H5F5OS. The molecule has 1 nitrogen and oxygen atoms in total. The van der Waals surface area contributed by atoms with Crippen LogP contribution in [0.5, 0.6) is 5.75 Å². The summed E-state index contributed by atoms with van der Waals surface area (Å²) in [6, 6.07) is 0. The van der Waals surface area contributed by atoms with Crippen molar-refractivity contribution in [3.8, 4) is 5.75 Å². The predicted molar refractivity (Wildman–Crippen MR) is 44.8 cm³/mol. The van der Waals surface area contributed by atoms with Crippen molar-refractivity contribution in [1.29, 1.82) is 0 Å². The fourth-order valence-electron chi connectivity index (χ4n) is 1.08. The molecule has 1 aromatic carbocycles. The highest BCUT2D eigenvalue weighted by atomic mass is 32.1. The van der Waals surface area contributed by atoms with Crippen molar-refractivity contribution in [2.24, 2.45) is 0 Å². The van der Waals surface area contributed by atoms with Crippen LogP contribution in [0.15, 0.2) is 4.90 Å². The summed E-state index contributed by atoms with van der Waals surface area (Å²) in [4.78, 5) is 1.90. The van der Waals surface area contributed by atoms with Gasteiger partial charge in [-0.05, 0) is 6.92 Å². The van der Waals surface area contributed by atoms with E-state index in [4.69, 9.17) is 0 Å². The second kappa shape index (κ2) is 4.26. The largest absolute Gasteiger partial charge is 0.291 e. The Balaban J connectivity index is 3.62. The number of thiol groups is 1. The van der Waals surface area contributed by atoms with Crippen LogP contribution in [0.3, 0.4) is 0 Å². The molecule has 0 bridgehead atoms. The molecule has 1 rings (SSSR count). The van der Waals surface area contributed by atoms with E-state index in [1.807, 2.05) is 0 Å². The van der Waals surface area contributed by atoms with Gasteiger partial charge in [-0.2, -0.15) is 4.39 Å². The molecule has 0 aliphatic carbocycles. The molecule has 0 aromatic heterocycles. The molecule has 0 heterocycles. The van der Waals surface area contributed by atoms with Crippen LogP contribution in [-0.2, 0) is 0 Å². The maximum absolute atomic E-state index is 13.2. The van der Waals surface area contributed by atoms with Crippen LogP contribution in [0.2, 0.25) is 0 Å². The number of alkyl halides is 1. The van der Waals surface area contributed by atoms with E-state index in [2.05, 4.69) is 17.6 Å². The second-order valence-corrected chi connectivity index (χ2v) is 3.17. The molecule has 0 radical (unpaired) electrons. The van der Waals surface area contributed by atoms with Gasteiger partial charge in [0.1, 0.15) is 12.0 Å². The molecule has 15 heavy (non-hydrogen) atoms. The minimum Gasteiger partial charge on any atom is -0.291 e. The third-order valence-electron chi connectivity index (χ3n) is 1.76.